The molecule has 0 atom stereocenters. The zero-order valence-electron chi connectivity index (χ0n) is 8.57. The molecule has 0 amide bonds. The normalized spacial score (nSPS) is 12.0. The first-order valence-corrected chi connectivity index (χ1v) is 7.03. The largest absolute Gasteiger partial charge is 0.508 e. The highest BCUT2D eigenvalue weighted by atomic mass is 79.9. The van der Waals surface area contributed by atoms with Crippen LogP contribution in [0.2, 0.25) is 0 Å². The molecule has 3 nitrogen and oxygen atoms in total. The van der Waals surface area contributed by atoms with Crippen molar-refractivity contribution in [2.45, 2.75) is 24.9 Å². The minimum atomic E-state index is -3.10. The summed E-state index contributed by atoms with van der Waals surface area (Å²) in [6.07, 6.45) is 0. The Morgan fingerprint density at radius 1 is 1.40 bits per heavy atom. The number of aromatic hydroxyl groups is 1. The van der Waals surface area contributed by atoms with Crippen molar-refractivity contribution >= 4 is 25.8 Å². The Kier molecular flexibility index (Phi) is 3.78. The summed E-state index contributed by atoms with van der Waals surface area (Å²) in [6.45, 7) is 3.31. The summed E-state index contributed by atoms with van der Waals surface area (Å²) in [4.78, 5) is 0. The maximum Gasteiger partial charge on any atom is 0.156 e. The predicted molar refractivity (Wildman–Crippen MR) is 63.6 cm³/mol. The van der Waals surface area contributed by atoms with Crippen LogP contribution in [0.25, 0.3) is 0 Å². The summed E-state index contributed by atoms with van der Waals surface area (Å²) in [6, 6.07) is 4.58. The maximum atomic E-state index is 11.7. The van der Waals surface area contributed by atoms with Gasteiger partial charge in [0.05, 0.1) is 11.0 Å². The van der Waals surface area contributed by atoms with Crippen molar-refractivity contribution in [3.05, 3.63) is 28.2 Å². The van der Waals surface area contributed by atoms with Gasteiger partial charge in [0.25, 0.3) is 0 Å². The number of hydrogen-bond donors (Lipinski definition) is 1. The molecule has 0 saturated heterocycles. The first kappa shape index (κ1) is 12.5. The molecule has 5 heteroatoms. The third-order valence-corrected chi connectivity index (χ3v) is 5.00. The first-order valence-electron chi connectivity index (χ1n) is 4.52. The molecule has 1 N–H and O–H groups in total. The van der Waals surface area contributed by atoms with Crippen LogP contribution in [0.5, 0.6) is 5.75 Å². The molecule has 0 saturated carbocycles. The minimum absolute atomic E-state index is 0.00840. The van der Waals surface area contributed by atoms with E-state index in [1.165, 1.54) is 12.1 Å². The van der Waals surface area contributed by atoms with Gasteiger partial charge in [-0.05, 0) is 31.5 Å². The number of hydrogen-bond acceptors (Lipinski definition) is 3. The van der Waals surface area contributed by atoms with E-state index in [2.05, 4.69) is 15.9 Å². The van der Waals surface area contributed by atoms with E-state index in [0.29, 0.717) is 10.0 Å². The Morgan fingerprint density at radius 3 is 2.47 bits per heavy atom. The van der Waals surface area contributed by atoms with E-state index in [-0.39, 0.29) is 11.5 Å². The molecular weight excluding hydrogens is 280 g/mol. The molecule has 0 unspecified atom stereocenters. The van der Waals surface area contributed by atoms with Crippen LogP contribution in [-0.2, 0) is 15.6 Å². The van der Waals surface area contributed by atoms with Crippen LogP contribution in [0, 0.1) is 0 Å². The van der Waals surface area contributed by atoms with Crippen LogP contribution in [0.1, 0.15) is 19.4 Å². The lowest BCUT2D eigenvalue weighted by atomic mass is 10.2. The van der Waals surface area contributed by atoms with Crippen LogP contribution in [0.4, 0.5) is 0 Å². The summed E-state index contributed by atoms with van der Waals surface area (Å²) >= 11 is 3.22. The van der Waals surface area contributed by atoms with Gasteiger partial charge >= 0.3 is 0 Å². The highest BCUT2D eigenvalue weighted by molar-refractivity contribution is 9.10. The SMILES string of the molecule is CC(C)S(=O)(=O)Cc1ccc(O)cc1Br. The first-order chi connectivity index (χ1) is 6.83. The lowest BCUT2D eigenvalue weighted by Gasteiger charge is -2.09. The highest BCUT2D eigenvalue weighted by Gasteiger charge is 2.18. The second kappa shape index (κ2) is 4.53. The standard InChI is InChI=1S/C10H13BrO3S/c1-7(2)15(13,14)6-8-3-4-9(12)5-10(8)11/h3-5,7,12H,6H2,1-2H3. The number of benzene rings is 1. The molecule has 0 aliphatic carbocycles. The van der Waals surface area contributed by atoms with Crippen LogP contribution in [0.15, 0.2) is 22.7 Å². The minimum Gasteiger partial charge on any atom is -0.508 e. The van der Waals surface area contributed by atoms with E-state index < -0.39 is 15.1 Å². The van der Waals surface area contributed by atoms with Gasteiger partial charge in [0.15, 0.2) is 9.84 Å². The van der Waals surface area contributed by atoms with Crippen molar-refractivity contribution in [2.75, 3.05) is 0 Å². The Labute approximate surface area is 98.2 Å². The molecule has 1 rings (SSSR count). The van der Waals surface area contributed by atoms with Crippen LogP contribution < -0.4 is 0 Å². The molecule has 0 aliphatic rings. The molecule has 0 aromatic heterocycles. The molecule has 0 fully saturated rings. The Balaban J connectivity index is 3.01. The second-order valence-corrected chi connectivity index (χ2v) is 7.04. The van der Waals surface area contributed by atoms with E-state index in [0.717, 1.165) is 0 Å². The smallest absolute Gasteiger partial charge is 0.156 e. The van der Waals surface area contributed by atoms with Crippen LogP contribution in [0.3, 0.4) is 0 Å². The fraction of sp³-hybridized carbons (Fsp3) is 0.400. The van der Waals surface area contributed by atoms with Crippen molar-refractivity contribution in [1.29, 1.82) is 0 Å². The molecule has 0 heterocycles. The third kappa shape index (κ3) is 3.21. The highest BCUT2D eigenvalue weighted by Crippen LogP contribution is 2.24. The quantitative estimate of drug-likeness (QED) is 0.931. The molecule has 84 valence electrons. The van der Waals surface area contributed by atoms with Gasteiger partial charge in [-0.2, -0.15) is 0 Å². The Hall–Kier alpha value is -0.550. The van der Waals surface area contributed by atoms with Crippen LogP contribution >= 0.6 is 15.9 Å². The molecule has 1 aromatic rings. The van der Waals surface area contributed by atoms with E-state index >= 15 is 0 Å². The lowest BCUT2D eigenvalue weighted by molar-refractivity contribution is 0.474. The molecular formula is C10H13BrO3S. The van der Waals surface area contributed by atoms with Crippen molar-refractivity contribution in [1.82, 2.24) is 0 Å². The summed E-state index contributed by atoms with van der Waals surface area (Å²) in [5.41, 5.74) is 0.668. The molecule has 0 aliphatic heterocycles. The van der Waals surface area contributed by atoms with E-state index in [9.17, 15) is 8.42 Å². The maximum absolute atomic E-state index is 11.7. The average molecular weight is 293 g/mol. The fourth-order valence-corrected chi connectivity index (χ4v) is 2.75. The molecule has 15 heavy (non-hydrogen) atoms. The van der Waals surface area contributed by atoms with Gasteiger partial charge in [-0.3, -0.25) is 0 Å². The number of rotatable bonds is 3. The van der Waals surface area contributed by atoms with Gasteiger partial charge in [-0.1, -0.05) is 22.0 Å². The predicted octanol–water partition coefficient (Wildman–Crippen LogP) is 2.48. The Bertz CT molecular complexity index is 452. The van der Waals surface area contributed by atoms with Gasteiger partial charge in [-0.15, -0.1) is 0 Å². The Morgan fingerprint density at radius 2 is 2.00 bits per heavy atom. The number of sulfone groups is 1. The second-order valence-electron chi connectivity index (χ2n) is 3.63. The van der Waals surface area contributed by atoms with Gasteiger partial charge in [0.2, 0.25) is 0 Å². The molecule has 0 spiro atoms. The molecule has 1 aromatic carbocycles. The topological polar surface area (TPSA) is 54.4 Å². The summed E-state index contributed by atoms with van der Waals surface area (Å²) in [7, 11) is -3.10. The lowest BCUT2D eigenvalue weighted by Crippen LogP contribution is -2.16. The zero-order valence-corrected chi connectivity index (χ0v) is 11.0. The van der Waals surface area contributed by atoms with Gasteiger partial charge in [0, 0.05) is 4.47 Å². The number of halogens is 1. The van der Waals surface area contributed by atoms with Gasteiger partial charge in [-0.25, -0.2) is 8.42 Å². The number of phenolic OH excluding ortho intramolecular Hbond substituents is 1. The number of phenols is 1. The zero-order chi connectivity index (χ0) is 11.6. The van der Waals surface area contributed by atoms with E-state index in [1.54, 1.807) is 19.9 Å². The van der Waals surface area contributed by atoms with E-state index in [1.807, 2.05) is 0 Å². The fourth-order valence-electron chi connectivity index (χ4n) is 1.04. The van der Waals surface area contributed by atoms with Crippen LogP contribution in [-0.4, -0.2) is 18.8 Å². The molecule has 0 bridgehead atoms. The van der Waals surface area contributed by atoms with Crippen molar-refractivity contribution in [3.8, 4) is 5.75 Å². The third-order valence-electron chi connectivity index (χ3n) is 2.11. The summed E-state index contributed by atoms with van der Waals surface area (Å²) in [5.74, 6) is 0.110. The summed E-state index contributed by atoms with van der Waals surface area (Å²) in [5, 5.41) is 8.78. The van der Waals surface area contributed by atoms with Crippen molar-refractivity contribution in [2.24, 2.45) is 0 Å². The van der Waals surface area contributed by atoms with Crippen molar-refractivity contribution in [3.63, 3.8) is 0 Å². The monoisotopic (exact) mass is 292 g/mol. The summed E-state index contributed by atoms with van der Waals surface area (Å²) < 4.78 is 23.9. The average Bonchev–Trinajstić information content (AvgIpc) is 2.09. The van der Waals surface area contributed by atoms with Gasteiger partial charge in [0.1, 0.15) is 5.75 Å². The molecule has 0 radical (unpaired) electrons. The van der Waals surface area contributed by atoms with Gasteiger partial charge < -0.3 is 5.11 Å². The van der Waals surface area contributed by atoms with E-state index in [4.69, 9.17) is 5.11 Å². The van der Waals surface area contributed by atoms with Crippen molar-refractivity contribution < 1.29 is 13.5 Å².